The number of hydrogen-bond acceptors (Lipinski definition) is 5. The molecule has 0 aliphatic rings. The van der Waals surface area contributed by atoms with Crippen LogP contribution in [-0.4, -0.2) is 32.7 Å². The van der Waals surface area contributed by atoms with Crippen LogP contribution in [0.1, 0.15) is 5.56 Å². The van der Waals surface area contributed by atoms with Gasteiger partial charge < -0.3 is 14.4 Å². The summed E-state index contributed by atoms with van der Waals surface area (Å²) >= 11 is 5.85. The summed E-state index contributed by atoms with van der Waals surface area (Å²) in [4.78, 5) is 12.6. The topological polar surface area (TPSA) is 64.8 Å². The monoisotopic (exact) mass is 350 g/mol. The van der Waals surface area contributed by atoms with Crippen molar-refractivity contribution in [2.75, 3.05) is 32.7 Å². The minimum atomic E-state index is -0.422. The fourth-order valence-corrected chi connectivity index (χ4v) is 2.59. The first-order valence-corrected chi connectivity index (χ1v) is 7.70. The minimum Gasteiger partial charge on any atom is -0.493 e. The van der Waals surface area contributed by atoms with E-state index in [0.29, 0.717) is 35.2 Å². The smallest absolute Gasteiger partial charge is 0.294 e. The van der Waals surface area contributed by atoms with Crippen molar-refractivity contribution in [1.29, 1.82) is 0 Å². The van der Waals surface area contributed by atoms with Crippen molar-refractivity contribution in [2.24, 2.45) is 0 Å². The molecular formula is C17H19ClN2O4. The lowest BCUT2D eigenvalue weighted by Crippen LogP contribution is -2.21. The van der Waals surface area contributed by atoms with Gasteiger partial charge in [0.05, 0.1) is 19.1 Å². The molecule has 0 fully saturated rings. The second kappa shape index (κ2) is 7.88. The van der Waals surface area contributed by atoms with E-state index < -0.39 is 4.92 Å². The van der Waals surface area contributed by atoms with E-state index in [1.165, 1.54) is 6.07 Å². The highest BCUT2D eigenvalue weighted by Gasteiger charge is 2.17. The van der Waals surface area contributed by atoms with E-state index in [4.69, 9.17) is 21.1 Å². The average molecular weight is 351 g/mol. The van der Waals surface area contributed by atoms with Gasteiger partial charge in [0.15, 0.2) is 11.5 Å². The summed E-state index contributed by atoms with van der Waals surface area (Å²) in [5, 5.41) is 11.5. The maximum Gasteiger partial charge on any atom is 0.294 e. The first kappa shape index (κ1) is 17.9. The van der Waals surface area contributed by atoms with Gasteiger partial charge in [-0.15, -0.1) is 0 Å². The van der Waals surface area contributed by atoms with Crippen LogP contribution >= 0.6 is 11.6 Å². The maximum absolute atomic E-state index is 11.2. The minimum absolute atomic E-state index is 0.00249. The summed E-state index contributed by atoms with van der Waals surface area (Å²) in [5.41, 5.74) is 1.58. The van der Waals surface area contributed by atoms with Crippen molar-refractivity contribution >= 4 is 23.0 Å². The molecule has 24 heavy (non-hydrogen) atoms. The zero-order valence-corrected chi connectivity index (χ0v) is 14.5. The van der Waals surface area contributed by atoms with Crippen LogP contribution in [0.4, 0.5) is 11.4 Å². The van der Waals surface area contributed by atoms with E-state index in [9.17, 15) is 10.1 Å². The fourth-order valence-electron chi connectivity index (χ4n) is 2.42. The summed E-state index contributed by atoms with van der Waals surface area (Å²) in [6.45, 7) is 0.609. The van der Waals surface area contributed by atoms with Crippen molar-refractivity contribution in [2.45, 2.75) is 6.42 Å². The molecule has 0 saturated carbocycles. The van der Waals surface area contributed by atoms with E-state index >= 15 is 0 Å². The molecule has 6 nitrogen and oxygen atoms in total. The van der Waals surface area contributed by atoms with Crippen LogP contribution < -0.4 is 14.4 Å². The first-order valence-electron chi connectivity index (χ1n) is 7.32. The van der Waals surface area contributed by atoms with Gasteiger partial charge in [0, 0.05) is 24.7 Å². The lowest BCUT2D eigenvalue weighted by atomic mass is 10.1. The summed E-state index contributed by atoms with van der Waals surface area (Å²) in [5.74, 6) is 1.33. The highest BCUT2D eigenvalue weighted by molar-refractivity contribution is 6.30. The van der Waals surface area contributed by atoms with Crippen molar-refractivity contribution < 1.29 is 14.4 Å². The van der Waals surface area contributed by atoms with Crippen molar-refractivity contribution in [3.63, 3.8) is 0 Å². The van der Waals surface area contributed by atoms with Gasteiger partial charge in [-0.3, -0.25) is 10.1 Å². The van der Waals surface area contributed by atoms with Crippen LogP contribution in [0.3, 0.4) is 0 Å². The number of nitro groups is 1. The maximum atomic E-state index is 11.2. The number of anilines is 1. The Morgan fingerprint density at radius 3 is 2.46 bits per heavy atom. The van der Waals surface area contributed by atoms with Gasteiger partial charge in [0.25, 0.3) is 5.69 Å². The highest BCUT2D eigenvalue weighted by atomic mass is 35.5. The fraction of sp³-hybridized carbons (Fsp3) is 0.294. The van der Waals surface area contributed by atoms with Gasteiger partial charge in [-0.2, -0.15) is 0 Å². The second-order valence-electron chi connectivity index (χ2n) is 5.25. The Balaban J connectivity index is 2.14. The van der Waals surface area contributed by atoms with Gasteiger partial charge in [-0.05, 0) is 36.2 Å². The SMILES string of the molecule is COc1ccc(CCN(C)c2ccc(Cl)cc2[N+](=O)[O-])cc1OC. The molecule has 0 N–H and O–H groups in total. The standard InChI is InChI=1S/C17H19ClN2O4/c1-19(14-6-5-13(18)11-15(14)20(21)22)9-8-12-4-7-16(23-2)17(10-12)24-3/h4-7,10-11H,8-9H2,1-3H3. The molecule has 0 saturated heterocycles. The molecule has 0 unspecified atom stereocenters. The molecule has 0 radical (unpaired) electrons. The van der Waals surface area contributed by atoms with Gasteiger partial charge in [0.1, 0.15) is 5.69 Å². The predicted octanol–water partition coefficient (Wildman–Crippen LogP) is 3.94. The third-order valence-corrected chi connectivity index (χ3v) is 3.96. The molecule has 128 valence electrons. The summed E-state index contributed by atoms with van der Waals surface area (Å²) in [6, 6.07) is 10.4. The molecule has 0 spiro atoms. The number of hydrogen-bond donors (Lipinski definition) is 0. The predicted molar refractivity (Wildman–Crippen MR) is 94.6 cm³/mol. The highest BCUT2D eigenvalue weighted by Crippen LogP contribution is 2.31. The number of methoxy groups -OCH3 is 2. The first-order chi connectivity index (χ1) is 11.5. The van der Waals surface area contributed by atoms with Gasteiger partial charge >= 0.3 is 0 Å². The Labute approximate surface area is 145 Å². The molecule has 0 aromatic heterocycles. The van der Waals surface area contributed by atoms with Crippen LogP contribution in [0.5, 0.6) is 11.5 Å². The zero-order valence-electron chi connectivity index (χ0n) is 13.8. The molecule has 0 bridgehead atoms. The Hall–Kier alpha value is -2.47. The molecule has 2 aromatic rings. The zero-order chi connectivity index (χ0) is 17.7. The molecule has 7 heteroatoms. The van der Waals surface area contributed by atoms with E-state index in [1.807, 2.05) is 30.1 Å². The van der Waals surface area contributed by atoms with E-state index in [0.717, 1.165) is 5.56 Å². The lowest BCUT2D eigenvalue weighted by Gasteiger charge is -2.19. The molecule has 2 aromatic carbocycles. The van der Waals surface area contributed by atoms with Crippen molar-refractivity contribution in [3.05, 3.63) is 57.1 Å². The van der Waals surface area contributed by atoms with Crippen LogP contribution in [0, 0.1) is 10.1 Å². The molecule has 2 rings (SSSR count). The third-order valence-electron chi connectivity index (χ3n) is 3.73. The average Bonchev–Trinajstić information content (AvgIpc) is 2.59. The molecular weight excluding hydrogens is 332 g/mol. The number of ether oxygens (including phenoxy) is 2. The Morgan fingerprint density at radius 1 is 1.12 bits per heavy atom. The Kier molecular flexibility index (Phi) is 5.87. The lowest BCUT2D eigenvalue weighted by molar-refractivity contribution is -0.384. The Bertz CT molecular complexity index is 737. The quantitative estimate of drug-likeness (QED) is 0.559. The number of rotatable bonds is 7. The number of nitrogens with zero attached hydrogens (tertiary/aromatic N) is 2. The molecule has 0 atom stereocenters. The molecule has 0 aliphatic carbocycles. The largest absolute Gasteiger partial charge is 0.493 e. The number of nitro benzene ring substituents is 1. The van der Waals surface area contributed by atoms with Crippen molar-refractivity contribution in [3.8, 4) is 11.5 Å². The van der Waals surface area contributed by atoms with Crippen molar-refractivity contribution in [1.82, 2.24) is 0 Å². The summed E-state index contributed by atoms with van der Waals surface area (Å²) in [6.07, 6.45) is 0.705. The van der Waals surface area contributed by atoms with Crippen LogP contribution in [0.25, 0.3) is 0 Å². The van der Waals surface area contributed by atoms with Gasteiger partial charge in [-0.25, -0.2) is 0 Å². The molecule has 0 heterocycles. The molecule has 0 amide bonds. The molecule has 0 aliphatic heterocycles. The number of halogens is 1. The third kappa shape index (κ3) is 4.08. The number of likely N-dealkylation sites (N-methyl/N-ethyl adjacent to an activating group) is 1. The van der Waals surface area contributed by atoms with E-state index in [-0.39, 0.29) is 5.69 Å². The van der Waals surface area contributed by atoms with Crippen LogP contribution in [0.2, 0.25) is 5.02 Å². The summed E-state index contributed by atoms with van der Waals surface area (Å²) in [7, 11) is 4.99. The Morgan fingerprint density at radius 2 is 1.83 bits per heavy atom. The van der Waals surface area contributed by atoms with Gasteiger partial charge in [0.2, 0.25) is 0 Å². The van der Waals surface area contributed by atoms with E-state index in [2.05, 4.69) is 0 Å². The van der Waals surface area contributed by atoms with Crippen LogP contribution in [0.15, 0.2) is 36.4 Å². The second-order valence-corrected chi connectivity index (χ2v) is 5.69. The van der Waals surface area contributed by atoms with Gasteiger partial charge in [-0.1, -0.05) is 17.7 Å². The number of benzene rings is 2. The summed E-state index contributed by atoms with van der Waals surface area (Å²) < 4.78 is 10.5. The van der Waals surface area contributed by atoms with E-state index in [1.54, 1.807) is 26.4 Å². The normalized spacial score (nSPS) is 10.3. The van der Waals surface area contributed by atoms with Crippen LogP contribution in [-0.2, 0) is 6.42 Å².